The van der Waals surface area contributed by atoms with E-state index in [4.69, 9.17) is 5.73 Å². The molecule has 4 nitrogen and oxygen atoms in total. The number of carbonyl (C=O) groups excluding carboxylic acids is 1. The van der Waals surface area contributed by atoms with Gasteiger partial charge >= 0.3 is 0 Å². The van der Waals surface area contributed by atoms with Crippen LogP contribution in [0.1, 0.15) is 49.7 Å². The summed E-state index contributed by atoms with van der Waals surface area (Å²) in [5, 5.41) is 14.7. The molecule has 2 rings (SSSR count). The molecule has 2 atom stereocenters. The minimum absolute atomic E-state index is 0.0267. The third kappa shape index (κ3) is 4.52. The number of rotatable bonds is 7. The number of piperidine rings is 1. The van der Waals surface area contributed by atoms with Crippen molar-refractivity contribution in [1.29, 1.82) is 0 Å². The topological polar surface area (TPSA) is 75.3 Å². The lowest BCUT2D eigenvalue weighted by molar-refractivity contribution is -0.118. The van der Waals surface area contributed by atoms with Crippen molar-refractivity contribution >= 4 is 5.91 Å². The Labute approximate surface area is 137 Å². The van der Waals surface area contributed by atoms with Crippen LogP contribution in [-0.4, -0.2) is 24.1 Å². The molecule has 0 aromatic heterocycles. The Kier molecular flexibility index (Phi) is 6.13. The fraction of sp³-hybridized carbons (Fsp3) is 0.611. The van der Waals surface area contributed by atoms with Gasteiger partial charge in [-0.1, -0.05) is 17.7 Å². The van der Waals surface area contributed by atoms with Crippen LogP contribution in [0.25, 0.3) is 0 Å². The summed E-state index contributed by atoms with van der Waals surface area (Å²) in [6.45, 7) is 3.51. The van der Waals surface area contributed by atoms with Crippen molar-refractivity contribution in [2.75, 3.05) is 13.1 Å². The van der Waals surface area contributed by atoms with E-state index >= 15 is 0 Å². The Morgan fingerprint density at radius 1 is 1.48 bits per heavy atom. The summed E-state index contributed by atoms with van der Waals surface area (Å²) < 4.78 is 14.4. The molecule has 23 heavy (non-hydrogen) atoms. The van der Waals surface area contributed by atoms with Gasteiger partial charge in [-0.05, 0) is 51.6 Å². The SMILES string of the molecule is Cc1ccc(F)c([C@](O)(CCCCC(N)=O)[C@@H]2CCCNC2)c1. The van der Waals surface area contributed by atoms with Crippen molar-refractivity contribution in [2.45, 2.75) is 51.0 Å². The zero-order valence-electron chi connectivity index (χ0n) is 13.8. The molecule has 0 spiro atoms. The molecule has 0 radical (unpaired) electrons. The van der Waals surface area contributed by atoms with Gasteiger partial charge in [0.05, 0.1) is 5.60 Å². The molecule has 1 aliphatic heterocycles. The third-order valence-corrected chi connectivity index (χ3v) is 4.79. The van der Waals surface area contributed by atoms with Crippen LogP contribution in [0.15, 0.2) is 18.2 Å². The van der Waals surface area contributed by atoms with Gasteiger partial charge in [-0.15, -0.1) is 0 Å². The Morgan fingerprint density at radius 2 is 2.26 bits per heavy atom. The van der Waals surface area contributed by atoms with Crippen molar-refractivity contribution in [3.63, 3.8) is 0 Å². The summed E-state index contributed by atoms with van der Waals surface area (Å²) in [4.78, 5) is 10.9. The van der Waals surface area contributed by atoms with Crippen molar-refractivity contribution in [3.8, 4) is 0 Å². The first-order chi connectivity index (χ1) is 10.9. The normalized spacial score (nSPS) is 20.9. The Balaban J connectivity index is 2.22. The number of benzene rings is 1. The van der Waals surface area contributed by atoms with Crippen LogP contribution in [0.2, 0.25) is 0 Å². The van der Waals surface area contributed by atoms with E-state index in [2.05, 4.69) is 5.32 Å². The van der Waals surface area contributed by atoms with Gasteiger partial charge in [0.25, 0.3) is 0 Å². The average molecular weight is 322 g/mol. The zero-order valence-corrected chi connectivity index (χ0v) is 13.8. The number of primary amides is 1. The van der Waals surface area contributed by atoms with Gasteiger partial charge in [0.2, 0.25) is 5.91 Å². The van der Waals surface area contributed by atoms with Crippen molar-refractivity contribution < 1.29 is 14.3 Å². The molecule has 1 heterocycles. The molecule has 5 heteroatoms. The van der Waals surface area contributed by atoms with E-state index in [0.717, 1.165) is 24.9 Å². The fourth-order valence-electron chi connectivity index (χ4n) is 3.48. The van der Waals surface area contributed by atoms with E-state index in [-0.39, 0.29) is 17.6 Å². The molecule has 0 unspecified atom stereocenters. The molecule has 1 aromatic carbocycles. The predicted molar refractivity (Wildman–Crippen MR) is 88.3 cm³/mol. The summed E-state index contributed by atoms with van der Waals surface area (Å²) in [5.41, 5.74) is 5.27. The van der Waals surface area contributed by atoms with Crippen LogP contribution < -0.4 is 11.1 Å². The molecule has 1 fully saturated rings. The first-order valence-corrected chi connectivity index (χ1v) is 8.41. The highest BCUT2D eigenvalue weighted by Crippen LogP contribution is 2.39. The van der Waals surface area contributed by atoms with Crippen LogP contribution in [-0.2, 0) is 10.4 Å². The third-order valence-electron chi connectivity index (χ3n) is 4.79. The quantitative estimate of drug-likeness (QED) is 0.675. The molecule has 1 amide bonds. The molecule has 128 valence electrons. The molecule has 1 aliphatic rings. The van der Waals surface area contributed by atoms with Crippen molar-refractivity contribution in [2.24, 2.45) is 11.7 Å². The minimum atomic E-state index is -1.21. The van der Waals surface area contributed by atoms with E-state index in [1.165, 1.54) is 6.07 Å². The van der Waals surface area contributed by atoms with Crippen molar-refractivity contribution in [3.05, 3.63) is 35.1 Å². The molecular formula is C18H27FN2O2. The van der Waals surface area contributed by atoms with Gasteiger partial charge in [-0.25, -0.2) is 4.39 Å². The van der Waals surface area contributed by atoms with Gasteiger partial charge in [0.1, 0.15) is 5.82 Å². The summed E-state index contributed by atoms with van der Waals surface area (Å²) in [6, 6.07) is 4.89. The van der Waals surface area contributed by atoms with Gasteiger partial charge in [0.15, 0.2) is 0 Å². The van der Waals surface area contributed by atoms with Gasteiger partial charge < -0.3 is 16.2 Å². The Hall–Kier alpha value is -1.46. The van der Waals surface area contributed by atoms with E-state index in [9.17, 15) is 14.3 Å². The monoisotopic (exact) mass is 322 g/mol. The van der Waals surface area contributed by atoms with Crippen LogP contribution in [0.3, 0.4) is 0 Å². The van der Waals surface area contributed by atoms with E-state index in [0.29, 0.717) is 37.8 Å². The maximum absolute atomic E-state index is 14.4. The number of aliphatic hydroxyl groups is 1. The number of nitrogens with two attached hydrogens (primary N) is 1. The molecule has 1 aromatic rings. The highest BCUT2D eigenvalue weighted by Gasteiger charge is 2.40. The Morgan fingerprint density at radius 3 is 2.91 bits per heavy atom. The van der Waals surface area contributed by atoms with E-state index < -0.39 is 5.60 Å². The lowest BCUT2D eigenvalue weighted by atomic mass is 9.74. The fourth-order valence-corrected chi connectivity index (χ4v) is 3.48. The van der Waals surface area contributed by atoms with Crippen molar-refractivity contribution in [1.82, 2.24) is 5.32 Å². The maximum Gasteiger partial charge on any atom is 0.217 e. The second-order valence-electron chi connectivity index (χ2n) is 6.62. The second kappa shape index (κ2) is 7.88. The lowest BCUT2D eigenvalue weighted by Gasteiger charge is -2.39. The van der Waals surface area contributed by atoms with Gasteiger partial charge in [0, 0.05) is 24.4 Å². The molecule has 0 aliphatic carbocycles. The summed E-state index contributed by atoms with van der Waals surface area (Å²) in [7, 11) is 0. The number of aryl methyl sites for hydroxylation is 1. The summed E-state index contributed by atoms with van der Waals surface area (Å²) in [5.74, 6) is -0.727. The molecule has 0 bridgehead atoms. The maximum atomic E-state index is 14.4. The summed E-state index contributed by atoms with van der Waals surface area (Å²) >= 11 is 0. The molecule has 4 N–H and O–H groups in total. The number of unbranched alkanes of at least 4 members (excludes halogenated alkanes) is 1. The zero-order chi connectivity index (χ0) is 16.9. The highest BCUT2D eigenvalue weighted by atomic mass is 19.1. The number of hydrogen-bond donors (Lipinski definition) is 3. The van der Waals surface area contributed by atoms with Gasteiger partial charge in [-0.2, -0.15) is 0 Å². The average Bonchev–Trinajstić information content (AvgIpc) is 2.54. The minimum Gasteiger partial charge on any atom is -0.385 e. The standard InChI is InChI=1S/C18H27FN2O2/c1-13-7-8-16(19)15(11-13)18(23,9-3-2-6-17(20)22)14-5-4-10-21-12-14/h7-8,11,14,21,23H,2-6,9-10,12H2,1H3,(H2,20,22)/t14-,18+/m1/s1. The molecule has 1 saturated heterocycles. The number of amides is 1. The Bertz CT molecular complexity index is 544. The molecule has 0 saturated carbocycles. The van der Waals surface area contributed by atoms with E-state index in [1.54, 1.807) is 12.1 Å². The highest BCUT2D eigenvalue weighted by molar-refractivity contribution is 5.73. The number of hydrogen-bond acceptors (Lipinski definition) is 3. The first-order valence-electron chi connectivity index (χ1n) is 8.41. The number of nitrogens with one attached hydrogen (secondary N) is 1. The second-order valence-corrected chi connectivity index (χ2v) is 6.62. The number of halogens is 1. The predicted octanol–water partition coefficient (Wildman–Crippen LogP) is 2.37. The van der Waals surface area contributed by atoms with Crippen LogP contribution in [0, 0.1) is 18.7 Å². The first kappa shape index (κ1) is 17.9. The smallest absolute Gasteiger partial charge is 0.217 e. The van der Waals surface area contributed by atoms with Crippen LogP contribution in [0.5, 0.6) is 0 Å². The summed E-state index contributed by atoms with van der Waals surface area (Å²) in [6.07, 6.45) is 3.84. The molecular weight excluding hydrogens is 295 g/mol. The van der Waals surface area contributed by atoms with E-state index in [1.807, 2.05) is 6.92 Å². The lowest BCUT2D eigenvalue weighted by Crippen LogP contribution is -2.44. The van der Waals surface area contributed by atoms with Crippen LogP contribution in [0.4, 0.5) is 4.39 Å². The van der Waals surface area contributed by atoms with Gasteiger partial charge in [-0.3, -0.25) is 4.79 Å². The van der Waals surface area contributed by atoms with Crippen LogP contribution >= 0.6 is 0 Å². The largest absolute Gasteiger partial charge is 0.385 e. The number of carbonyl (C=O) groups is 1.